The van der Waals surface area contributed by atoms with Crippen LogP contribution < -0.4 is 0 Å². The van der Waals surface area contributed by atoms with Crippen LogP contribution in [0.2, 0.25) is 0 Å². The molecule has 0 radical (unpaired) electrons. The van der Waals surface area contributed by atoms with Gasteiger partial charge in [0.2, 0.25) is 0 Å². The number of aryl methyl sites for hydroxylation is 1. The number of benzene rings is 1. The largest absolute Gasteiger partial charge is 0.508 e. The van der Waals surface area contributed by atoms with Crippen molar-refractivity contribution in [2.45, 2.75) is 64.4 Å². The maximum absolute atomic E-state index is 10.6. The third kappa shape index (κ3) is 1.96. The van der Waals surface area contributed by atoms with E-state index in [0.29, 0.717) is 28.9 Å². The summed E-state index contributed by atoms with van der Waals surface area (Å²) in [6.45, 7) is 4.68. The number of hydrogen-bond acceptors (Lipinski definition) is 2. The van der Waals surface area contributed by atoms with E-state index in [-0.39, 0.29) is 6.10 Å². The lowest BCUT2D eigenvalue weighted by Crippen LogP contribution is -2.42. The first-order valence-electron chi connectivity index (χ1n) is 9.03. The van der Waals surface area contributed by atoms with Crippen molar-refractivity contribution in [3.8, 4) is 5.75 Å². The fourth-order valence-corrected chi connectivity index (χ4v) is 6.36. The fraction of sp³-hybridized carbons (Fsp3) is 0.700. The van der Waals surface area contributed by atoms with Crippen LogP contribution in [0.4, 0.5) is 0 Å². The average molecular weight is 300 g/mol. The van der Waals surface area contributed by atoms with Gasteiger partial charge in [-0.1, -0.05) is 26.3 Å². The summed E-state index contributed by atoms with van der Waals surface area (Å²) in [4.78, 5) is 0. The van der Waals surface area contributed by atoms with Gasteiger partial charge in [0.1, 0.15) is 5.75 Å². The van der Waals surface area contributed by atoms with Gasteiger partial charge in [-0.3, -0.25) is 0 Å². The lowest BCUT2D eigenvalue weighted by molar-refractivity contribution is 0.0280. The van der Waals surface area contributed by atoms with E-state index in [1.807, 2.05) is 12.1 Å². The summed E-state index contributed by atoms with van der Waals surface area (Å²) < 4.78 is 0. The molecule has 6 atom stereocenters. The topological polar surface area (TPSA) is 40.5 Å². The highest BCUT2D eigenvalue weighted by atomic mass is 16.3. The highest BCUT2D eigenvalue weighted by Crippen LogP contribution is 2.63. The molecule has 0 amide bonds. The molecular weight excluding hydrogens is 272 g/mol. The zero-order chi connectivity index (χ0) is 15.5. The van der Waals surface area contributed by atoms with Gasteiger partial charge >= 0.3 is 0 Å². The molecule has 3 aliphatic carbocycles. The number of phenols is 1. The first kappa shape index (κ1) is 14.6. The second kappa shape index (κ2) is 4.99. The molecule has 0 aliphatic heterocycles. The number of phenolic OH excluding ortho intramolecular Hbond substituents is 1. The van der Waals surface area contributed by atoms with Crippen LogP contribution in [0.25, 0.3) is 0 Å². The van der Waals surface area contributed by atoms with Gasteiger partial charge in [0, 0.05) is 0 Å². The summed E-state index contributed by atoms with van der Waals surface area (Å²) >= 11 is 0. The molecule has 0 heterocycles. The van der Waals surface area contributed by atoms with E-state index in [0.717, 1.165) is 25.2 Å². The summed E-state index contributed by atoms with van der Waals surface area (Å²) in [5, 5.41) is 20.3. The van der Waals surface area contributed by atoms with Gasteiger partial charge in [-0.05, 0) is 84.5 Å². The van der Waals surface area contributed by atoms with Gasteiger partial charge in [0.05, 0.1) is 6.10 Å². The molecule has 4 rings (SSSR count). The van der Waals surface area contributed by atoms with Crippen LogP contribution in [0.5, 0.6) is 5.75 Å². The van der Waals surface area contributed by atoms with Crippen molar-refractivity contribution in [1.82, 2.24) is 0 Å². The Hall–Kier alpha value is -1.02. The van der Waals surface area contributed by atoms with E-state index in [1.54, 1.807) is 0 Å². The lowest BCUT2D eigenvalue weighted by Gasteiger charge is -2.50. The van der Waals surface area contributed by atoms with Crippen LogP contribution in [-0.4, -0.2) is 16.3 Å². The molecule has 0 unspecified atom stereocenters. The van der Waals surface area contributed by atoms with Crippen molar-refractivity contribution in [1.29, 1.82) is 0 Å². The molecule has 2 heteroatoms. The van der Waals surface area contributed by atoms with Crippen molar-refractivity contribution in [2.75, 3.05) is 0 Å². The highest BCUT2D eigenvalue weighted by molar-refractivity contribution is 5.40. The first-order valence-corrected chi connectivity index (χ1v) is 9.03. The molecule has 3 aliphatic rings. The Kier molecular flexibility index (Phi) is 3.30. The Balaban J connectivity index is 1.73. The summed E-state index contributed by atoms with van der Waals surface area (Å²) in [7, 11) is 0. The summed E-state index contributed by atoms with van der Waals surface area (Å²) in [6, 6.07) is 5.99. The van der Waals surface area contributed by atoms with E-state index in [1.165, 1.54) is 30.4 Å². The molecule has 22 heavy (non-hydrogen) atoms. The Morgan fingerprint density at radius 2 is 2.09 bits per heavy atom. The maximum atomic E-state index is 10.6. The third-order valence-electron chi connectivity index (χ3n) is 7.18. The van der Waals surface area contributed by atoms with Gasteiger partial charge in [0.15, 0.2) is 0 Å². The molecule has 2 saturated carbocycles. The van der Waals surface area contributed by atoms with Crippen molar-refractivity contribution in [3.63, 3.8) is 0 Å². The van der Waals surface area contributed by atoms with Gasteiger partial charge in [0.25, 0.3) is 0 Å². The Morgan fingerprint density at radius 3 is 2.86 bits per heavy atom. The molecule has 2 nitrogen and oxygen atoms in total. The molecule has 2 N–H and O–H groups in total. The predicted octanol–water partition coefficient (Wildman–Crippen LogP) is 4.25. The fourth-order valence-electron chi connectivity index (χ4n) is 6.36. The minimum atomic E-state index is -0.0973. The molecule has 0 saturated heterocycles. The second-order valence-electron chi connectivity index (χ2n) is 8.25. The monoisotopic (exact) mass is 300 g/mol. The average Bonchev–Trinajstić information content (AvgIpc) is 2.76. The summed E-state index contributed by atoms with van der Waals surface area (Å²) in [5.41, 5.74) is 3.18. The number of aliphatic hydroxyl groups is 1. The highest BCUT2D eigenvalue weighted by Gasteiger charge is 2.56. The van der Waals surface area contributed by atoms with Crippen LogP contribution in [0.15, 0.2) is 18.2 Å². The molecule has 2 fully saturated rings. The van der Waals surface area contributed by atoms with E-state index >= 15 is 0 Å². The quantitative estimate of drug-likeness (QED) is 0.814. The number of hydrogen-bond donors (Lipinski definition) is 2. The van der Waals surface area contributed by atoms with E-state index < -0.39 is 0 Å². The lowest BCUT2D eigenvalue weighted by atomic mass is 9.54. The van der Waals surface area contributed by atoms with Crippen molar-refractivity contribution < 1.29 is 10.2 Å². The maximum Gasteiger partial charge on any atom is 0.115 e. The van der Waals surface area contributed by atoms with Crippen LogP contribution in [0.3, 0.4) is 0 Å². The normalized spacial score (nSPS) is 43.3. The standard InChI is InChI=1S/C20H28O2/c1-3-14-18(22)11-20(2)9-8-16-15-7-5-13(21)10-12(15)4-6-17(16)19(14)20/h5,7,10,14,16-19,21-22H,3-4,6,8-9,11H2,1-2H3/t14-,16+,17+,18-,19-,20+/m0/s1. The predicted molar refractivity (Wildman–Crippen MR) is 87.9 cm³/mol. The number of aliphatic hydroxyl groups excluding tert-OH is 1. The number of aromatic hydroxyl groups is 1. The van der Waals surface area contributed by atoms with Crippen LogP contribution >= 0.6 is 0 Å². The molecule has 1 aromatic carbocycles. The second-order valence-corrected chi connectivity index (χ2v) is 8.25. The van der Waals surface area contributed by atoms with Gasteiger partial charge in [-0.25, -0.2) is 0 Å². The third-order valence-corrected chi connectivity index (χ3v) is 7.18. The molecule has 0 aromatic heterocycles. The van der Waals surface area contributed by atoms with Gasteiger partial charge in [-0.2, -0.15) is 0 Å². The number of fused-ring (bicyclic) bond motifs is 5. The molecule has 1 aromatic rings. The van der Waals surface area contributed by atoms with E-state index in [4.69, 9.17) is 0 Å². The molecule has 0 bridgehead atoms. The zero-order valence-electron chi connectivity index (χ0n) is 13.8. The zero-order valence-corrected chi connectivity index (χ0v) is 13.8. The van der Waals surface area contributed by atoms with Gasteiger partial charge in [-0.15, -0.1) is 0 Å². The van der Waals surface area contributed by atoms with Crippen molar-refractivity contribution in [3.05, 3.63) is 29.3 Å². The van der Waals surface area contributed by atoms with Crippen molar-refractivity contribution >= 4 is 0 Å². The van der Waals surface area contributed by atoms with Crippen molar-refractivity contribution in [2.24, 2.45) is 23.2 Å². The first-order chi connectivity index (χ1) is 10.5. The molecule has 120 valence electrons. The van der Waals surface area contributed by atoms with Gasteiger partial charge < -0.3 is 10.2 Å². The molecular formula is C20H28O2. The summed E-state index contributed by atoms with van der Waals surface area (Å²) in [5.74, 6) is 2.92. The smallest absolute Gasteiger partial charge is 0.115 e. The van der Waals surface area contributed by atoms with Crippen LogP contribution in [0, 0.1) is 23.2 Å². The Labute approximate surface area is 133 Å². The summed E-state index contributed by atoms with van der Waals surface area (Å²) in [6.07, 6.45) is 6.81. The SMILES string of the molecule is CC[C@@H]1[C@H]2[C@@H]3CCc4cc(O)ccc4[C@H]3CC[C@]2(C)C[C@@H]1O. The Bertz CT molecular complexity index is 581. The van der Waals surface area contributed by atoms with E-state index in [2.05, 4.69) is 19.9 Å². The number of rotatable bonds is 1. The van der Waals surface area contributed by atoms with E-state index in [9.17, 15) is 10.2 Å². The molecule has 0 spiro atoms. The van der Waals surface area contributed by atoms with Crippen LogP contribution in [-0.2, 0) is 6.42 Å². The van der Waals surface area contributed by atoms with Crippen LogP contribution in [0.1, 0.15) is 63.0 Å². The Morgan fingerprint density at radius 1 is 1.27 bits per heavy atom. The minimum absolute atomic E-state index is 0.0973. The minimum Gasteiger partial charge on any atom is -0.508 e.